The van der Waals surface area contributed by atoms with E-state index in [1.54, 1.807) is 13.0 Å². The molecule has 1 aromatic carbocycles. The summed E-state index contributed by atoms with van der Waals surface area (Å²) in [6.07, 6.45) is 3.69. The van der Waals surface area contributed by atoms with E-state index in [4.69, 9.17) is 0 Å². The topological polar surface area (TPSA) is 40.5 Å². The van der Waals surface area contributed by atoms with Crippen LogP contribution in [0.5, 0.6) is 5.75 Å². The molecular formula is C15H20BrNO2. The summed E-state index contributed by atoms with van der Waals surface area (Å²) >= 11 is 3.33. The molecule has 4 heteroatoms. The molecule has 1 aliphatic rings. The highest BCUT2D eigenvalue weighted by molar-refractivity contribution is 9.10. The Bertz CT molecular complexity index is 455. The molecular weight excluding hydrogens is 306 g/mol. The van der Waals surface area contributed by atoms with Crippen LogP contribution in [-0.4, -0.2) is 35.4 Å². The molecule has 1 aromatic rings. The molecule has 1 unspecified atom stereocenters. The zero-order valence-electron chi connectivity index (χ0n) is 11.2. The number of hydrogen-bond donors (Lipinski definition) is 1. The average Bonchev–Trinajstić information content (AvgIpc) is 2.38. The van der Waals surface area contributed by atoms with Gasteiger partial charge in [0.2, 0.25) is 0 Å². The number of phenols is 1. The van der Waals surface area contributed by atoms with E-state index in [9.17, 15) is 9.90 Å². The van der Waals surface area contributed by atoms with E-state index < -0.39 is 0 Å². The van der Waals surface area contributed by atoms with Crippen LogP contribution in [-0.2, 0) is 4.79 Å². The molecule has 1 heterocycles. The van der Waals surface area contributed by atoms with Crippen LogP contribution in [0.1, 0.15) is 37.7 Å². The second-order valence-electron chi connectivity index (χ2n) is 5.23. The molecule has 1 fully saturated rings. The van der Waals surface area contributed by atoms with Crippen molar-refractivity contribution in [1.82, 2.24) is 4.90 Å². The van der Waals surface area contributed by atoms with Gasteiger partial charge in [0.1, 0.15) is 11.5 Å². The Morgan fingerprint density at radius 2 is 2.05 bits per heavy atom. The van der Waals surface area contributed by atoms with Gasteiger partial charge >= 0.3 is 0 Å². The smallest absolute Gasteiger partial charge is 0.138 e. The maximum atomic E-state index is 11.9. The highest BCUT2D eigenvalue weighted by Crippen LogP contribution is 2.30. The number of rotatable bonds is 4. The first-order chi connectivity index (χ1) is 9.08. The van der Waals surface area contributed by atoms with Gasteiger partial charge in [0.15, 0.2) is 0 Å². The third-order valence-electron chi connectivity index (χ3n) is 3.75. The number of ketones is 1. The predicted octanol–water partition coefficient (Wildman–Crippen LogP) is 3.31. The number of Topliss-reactive ketones (excluding diaryl/α,β-unsaturated/α-hetero) is 1. The van der Waals surface area contributed by atoms with Gasteiger partial charge in [-0.25, -0.2) is 0 Å². The number of phenolic OH excluding ortho intramolecular Hbond substituents is 1. The van der Waals surface area contributed by atoms with Crippen molar-refractivity contribution in [2.24, 2.45) is 0 Å². The molecule has 1 saturated heterocycles. The van der Waals surface area contributed by atoms with Gasteiger partial charge in [0.05, 0.1) is 5.92 Å². The predicted molar refractivity (Wildman–Crippen MR) is 79.5 cm³/mol. The summed E-state index contributed by atoms with van der Waals surface area (Å²) in [4.78, 5) is 14.2. The van der Waals surface area contributed by atoms with Gasteiger partial charge in [-0.2, -0.15) is 0 Å². The molecule has 0 spiro atoms. The van der Waals surface area contributed by atoms with Crippen molar-refractivity contribution in [3.63, 3.8) is 0 Å². The van der Waals surface area contributed by atoms with E-state index in [2.05, 4.69) is 20.8 Å². The monoisotopic (exact) mass is 325 g/mol. The molecule has 0 bridgehead atoms. The van der Waals surface area contributed by atoms with Crippen LogP contribution in [0.25, 0.3) is 0 Å². The van der Waals surface area contributed by atoms with Crippen molar-refractivity contribution in [3.8, 4) is 5.75 Å². The molecule has 1 atom stereocenters. The minimum atomic E-state index is -0.230. The van der Waals surface area contributed by atoms with Crippen molar-refractivity contribution in [3.05, 3.63) is 28.2 Å². The molecule has 0 aromatic heterocycles. The van der Waals surface area contributed by atoms with Crippen LogP contribution < -0.4 is 0 Å². The van der Waals surface area contributed by atoms with E-state index in [-0.39, 0.29) is 17.5 Å². The summed E-state index contributed by atoms with van der Waals surface area (Å²) in [6, 6.07) is 5.37. The number of halogens is 1. The third kappa shape index (κ3) is 3.80. The molecule has 0 saturated carbocycles. The molecule has 1 N–H and O–H groups in total. The van der Waals surface area contributed by atoms with Crippen molar-refractivity contribution in [1.29, 1.82) is 0 Å². The fourth-order valence-corrected chi connectivity index (χ4v) is 3.01. The molecule has 0 amide bonds. The van der Waals surface area contributed by atoms with Crippen molar-refractivity contribution < 1.29 is 9.90 Å². The summed E-state index contributed by atoms with van der Waals surface area (Å²) in [5.74, 6) is 0.0842. The second kappa shape index (κ2) is 6.53. The maximum Gasteiger partial charge on any atom is 0.138 e. The molecule has 0 aliphatic carbocycles. The number of piperidine rings is 1. The largest absolute Gasteiger partial charge is 0.508 e. The molecule has 3 nitrogen and oxygen atoms in total. The zero-order valence-corrected chi connectivity index (χ0v) is 12.8. The van der Waals surface area contributed by atoms with Gasteiger partial charge in [0.25, 0.3) is 0 Å². The van der Waals surface area contributed by atoms with Gasteiger partial charge in [-0.05, 0) is 45.0 Å². The number of aromatic hydroxyl groups is 1. The number of hydrogen-bond acceptors (Lipinski definition) is 3. The summed E-state index contributed by atoms with van der Waals surface area (Å²) in [5.41, 5.74) is 0.737. The Morgan fingerprint density at radius 1 is 1.37 bits per heavy atom. The number of nitrogens with zero attached hydrogens (tertiary/aromatic N) is 1. The van der Waals surface area contributed by atoms with Crippen LogP contribution in [0, 0.1) is 0 Å². The van der Waals surface area contributed by atoms with E-state index in [1.165, 1.54) is 19.3 Å². The van der Waals surface area contributed by atoms with Crippen LogP contribution in [0.4, 0.5) is 0 Å². The lowest BCUT2D eigenvalue weighted by atomic mass is 9.93. The molecule has 2 rings (SSSR count). The number of benzene rings is 1. The Kier molecular flexibility index (Phi) is 4.99. The lowest BCUT2D eigenvalue weighted by Gasteiger charge is -2.30. The van der Waals surface area contributed by atoms with Crippen molar-refractivity contribution in [2.75, 3.05) is 19.6 Å². The Labute approximate surface area is 122 Å². The van der Waals surface area contributed by atoms with Crippen LogP contribution in [0.3, 0.4) is 0 Å². The zero-order chi connectivity index (χ0) is 13.8. The summed E-state index contributed by atoms with van der Waals surface area (Å²) in [6.45, 7) is 4.43. The molecule has 19 heavy (non-hydrogen) atoms. The summed E-state index contributed by atoms with van der Waals surface area (Å²) < 4.78 is 0.828. The third-order valence-corrected chi connectivity index (χ3v) is 4.24. The number of carbonyl (C=O) groups excluding carboxylic acids is 1. The lowest BCUT2D eigenvalue weighted by molar-refractivity contribution is -0.119. The Hall–Kier alpha value is -0.870. The number of carbonyl (C=O) groups is 1. The average molecular weight is 326 g/mol. The minimum Gasteiger partial charge on any atom is -0.508 e. The quantitative estimate of drug-likeness (QED) is 0.923. The van der Waals surface area contributed by atoms with Gasteiger partial charge in [-0.15, -0.1) is 0 Å². The van der Waals surface area contributed by atoms with E-state index in [0.29, 0.717) is 6.54 Å². The fraction of sp³-hybridized carbons (Fsp3) is 0.533. The molecule has 104 valence electrons. The van der Waals surface area contributed by atoms with Crippen LogP contribution in [0.2, 0.25) is 0 Å². The Morgan fingerprint density at radius 3 is 2.63 bits per heavy atom. The minimum absolute atomic E-state index is 0.114. The van der Waals surface area contributed by atoms with E-state index in [1.807, 2.05) is 12.1 Å². The first-order valence-corrected chi connectivity index (χ1v) is 7.58. The van der Waals surface area contributed by atoms with Crippen LogP contribution >= 0.6 is 15.9 Å². The van der Waals surface area contributed by atoms with Crippen molar-refractivity contribution in [2.45, 2.75) is 32.1 Å². The fourth-order valence-electron chi connectivity index (χ4n) is 2.66. The Balaban J connectivity index is 2.17. The van der Waals surface area contributed by atoms with Gasteiger partial charge in [0, 0.05) is 16.6 Å². The highest BCUT2D eigenvalue weighted by atomic mass is 79.9. The van der Waals surface area contributed by atoms with Crippen LogP contribution in [0.15, 0.2) is 22.7 Å². The maximum absolute atomic E-state index is 11.9. The lowest BCUT2D eigenvalue weighted by Crippen LogP contribution is -2.35. The van der Waals surface area contributed by atoms with Gasteiger partial charge in [-0.3, -0.25) is 4.79 Å². The first kappa shape index (κ1) is 14.5. The normalized spacial score (nSPS) is 18.2. The first-order valence-electron chi connectivity index (χ1n) is 6.79. The number of likely N-dealkylation sites (tertiary alicyclic amines) is 1. The van der Waals surface area contributed by atoms with E-state index in [0.717, 1.165) is 23.1 Å². The summed E-state index contributed by atoms with van der Waals surface area (Å²) in [7, 11) is 0. The summed E-state index contributed by atoms with van der Waals surface area (Å²) in [5, 5.41) is 10.0. The van der Waals surface area contributed by atoms with Crippen molar-refractivity contribution >= 4 is 21.7 Å². The SMILES string of the molecule is CC(=O)C(CN1CCCCC1)c1ccc(Br)cc1O. The standard InChI is InChI=1S/C15H20BrNO2/c1-11(18)14(10-17-7-3-2-4-8-17)13-6-5-12(16)9-15(13)19/h5-6,9,14,19H,2-4,7-8,10H2,1H3. The second-order valence-corrected chi connectivity index (χ2v) is 6.14. The van der Waals surface area contributed by atoms with E-state index >= 15 is 0 Å². The van der Waals surface area contributed by atoms with Gasteiger partial charge in [-0.1, -0.05) is 28.4 Å². The molecule has 0 radical (unpaired) electrons. The highest BCUT2D eigenvalue weighted by Gasteiger charge is 2.24. The van der Waals surface area contributed by atoms with Gasteiger partial charge < -0.3 is 10.0 Å². The molecule has 1 aliphatic heterocycles.